The van der Waals surface area contributed by atoms with Gasteiger partial charge in [0, 0.05) is 12.8 Å². The average molecular weight is 229 g/mol. The zero-order valence-electron chi connectivity index (χ0n) is 8.50. The van der Waals surface area contributed by atoms with E-state index in [4.69, 9.17) is 22.1 Å². The number of carbonyl (C=O) groups is 1. The molecule has 0 fully saturated rings. The molecule has 0 unspecified atom stereocenters. The van der Waals surface area contributed by atoms with Crippen molar-refractivity contribution in [2.24, 2.45) is 0 Å². The van der Waals surface area contributed by atoms with Gasteiger partial charge in [-0.05, 0) is 12.5 Å². The van der Waals surface area contributed by atoms with Crippen molar-refractivity contribution >= 4 is 23.2 Å². The first-order valence-corrected chi connectivity index (χ1v) is 5.05. The van der Waals surface area contributed by atoms with E-state index in [2.05, 4.69) is 4.98 Å². The van der Waals surface area contributed by atoms with Crippen LogP contribution in [-0.2, 0) is 4.74 Å². The summed E-state index contributed by atoms with van der Waals surface area (Å²) in [5.74, 6) is -0.0135. The third-order valence-corrected chi connectivity index (χ3v) is 1.97. The maximum atomic E-state index is 11.6. The molecule has 5 heteroatoms. The molecule has 1 aromatic heterocycles. The highest BCUT2D eigenvalue weighted by Gasteiger charge is 2.11. The van der Waals surface area contributed by atoms with Gasteiger partial charge in [-0.3, -0.25) is 4.79 Å². The Morgan fingerprint density at radius 1 is 1.67 bits per heavy atom. The number of nitrogen functional groups attached to an aromatic ring is 1. The average Bonchev–Trinajstić information content (AvgIpc) is 2.22. The molecule has 1 heterocycles. The Morgan fingerprint density at radius 3 is 3.07 bits per heavy atom. The molecule has 0 bridgehead atoms. The summed E-state index contributed by atoms with van der Waals surface area (Å²) in [7, 11) is 0. The van der Waals surface area contributed by atoms with E-state index in [1.54, 1.807) is 0 Å². The lowest BCUT2D eigenvalue weighted by Crippen LogP contribution is -2.12. The van der Waals surface area contributed by atoms with Crippen molar-refractivity contribution in [2.45, 2.75) is 13.3 Å². The van der Waals surface area contributed by atoms with Crippen LogP contribution in [0.3, 0.4) is 0 Å². The van der Waals surface area contributed by atoms with Crippen molar-refractivity contribution in [3.05, 3.63) is 22.8 Å². The van der Waals surface area contributed by atoms with E-state index in [0.717, 1.165) is 6.42 Å². The molecule has 0 saturated carbocycles. The minimum Gasteiger partial charge on any atom is -0.383 e. The fraction of sp³-hybridized carbons (Fsp3) is 0.400. The highest BCUT2D eigenvalue weighted by atomic mass is 35.5. The van der Waals surface area contributed by atoms with Crippen molar-refractivity contribution in [3.63, 3.8) is 0 Å². The first kappa shape index (κ1) is 11.9. The molecule has 0 saturated heterocycles. The van der Waals surface area contributed by atoms with E-state index < -0.39 is 0 Å². The summed E-state index contributed by atoms with van der Waals surface area (Å²) in [5, 5.41) is 0.392. The SMILES string of the molecule is CCCOCC(=O)c1cc(Cl)cnc1N. The number of halogens is 1. The number of ketones is 1. The van der Waals surface area contributed by atoms with Gasteiger partial charge in [-0.1, -0.05) is 18.5 Å². The number of carbonyl (C=O) groups excluding carboxylic acids is 1. The van der Waals surface area contributed by atoms with Crippen LogP contribution in [0.4, 0.5) is 5.82 Å². The molecular formula is C10H13ClN2O2. The minimum absolute atomic E-state index is 0.0140. The van der Waals surface area contributed by atoms with Crippen LogP contribution < -0.4 is 5.73 Å². The van der Waals surface area contributed by atoms with Gasteiger partial charge in [0.15, 0.2) is 5.78 Å². The van der Waals surface area contributed by atoms with Crippen LogP contribution in [0.2, 0.25) is 5.02 Å². The number of nitrogens with zero attached hydrogens (tertiary/aromatic N) is 1. The molecule has 4 nitrogen and oxygen atoms in total. The molecule has 0 aliphatic rings. The van der Waals surface area contributed by atoms with E-state index >= 15 is 0 Å². The van der Waals surface area contributed by atoms with Crippen molar-refractivity contribution in [1.82, 2.24) is 4.98 Å². The largest absolute Gasteiger partial charge is 0.383 e. The van der Waals surface area contributed by atoms with Gasteiger partial charge in [0.05, 0.1) is 10.6 Å². The summed E-state index contributed by atoms with van der Waals surface area (Å²) >= 11 is 5.71. The second-order valence-electron chi connectivity index (χ2n) is 3.06. The Morgan fingerprint density at radius 2 is 2.40 bits per heavy atom. The van der Waals surface area contributed by atoms with E-state index in [0.29, 0.717) is 17.2 Å². The van der Waals surface area contributed by atoms with Crippen LogP contribution in [0.1, 0.15) is 23.7 Å². The summed E-state index contributed by atoms with van der Waals surface area (Å²) in [6.45, 7) is 2.54. The smallest absolute Gasteiger partial charge is 0.192 e. The van der Waals surface area contributed by atoms with Crippen molar-refractivity contribution < 1.29 is 9.53 Å². The number of hydrogen-bond donors (Lipinski definition) is 1. The highest BCUT2D eigenvalue weighted by Crippen LogP contribution is 2.15. The molecule has 0 atom stereocenters. The Kier molecular flexibility index (Phi) is 4.52. The quantitative estimate of drug-likeness (QED) is 0.618. The number of rotatable bonds is 5. The maximum Gasteiger partial charge on any atom is 0.192 e. The number of Topliss-reactive ketones (excluding diaryl/α,β-unsaturated/α-hetero) is 1. The van der Waals surface area contributed by atoms with Gasteiger partial charge in [0.1, 0.15) is 12.4 Å². The molecule has 1 aromatic rings. The monoisotopic (exact) mass is 228 g/mol. The predicted molar refractivity (Wildman–Crippen MR) is 59.1 cm³/mol. The number of anilines is 1. The molecule has 0 spiro atoms. The van der Waals surface area contributed by atoms with Gasteiger partial charge in [0.2, 0.25) is 0 Å². The molecule has 0 radical (unpaired) electrons. The molecule has 0 aliphatic heterocycles. The number of hydrogen-bond acceptors (Lipinski definition) is 4. The Balaban J connectivity index is 2.68. The number of nitrogens with two attached hydrogens (primary N) is 1. The second kappa shape index (κ2) is 5.68. The summed E-state index contributed by atoms with van der Waals surface area (Å²) in [5.41, 5.74) is 5.87. The molecule has 1 rings (SSSR count). The van der Waals surface area contributed by atoms with Crippen LogP contribution in [0.15, 0.2) is 12.3 Å². The number of pyridine rings is 1. The maximum absolute atomic E-state index is 11.6. The number of aromatic nitrogens is 1. The van der Waals surface area contributed by atoms with Gasteiger partial charge in [-0.15, -0.1) is 0 Å². The zero-order chi connectivity index (χ0) is 11.3. The van der Waals surface area contributed by atoms with E-state index in [1.165, 1.54) is 12.3 Å². The second-order valence-corrected chi connectivity index (χ2v) is 3.50. The van der Waals surface area contributed by atoms with Gasteiger partial charge in [0.25, 0.3) is 0 Å². The van der Waals surface area contributed by atoms with Crippen LogP contribution >= 0.6 is 11.6 Å². The van der Waals surface area contributed by atoms with Crippen LogP contribution in [-0.4, -0.2) is 24.0 Å². The fourth-order valence-corrected chi connectivity index (χ4v) is 1.22. The summed E-state index contributed by atoms with van der Waals surface area (Å²) < 4.78 is 5.12. The molecule has 15 heavy (non-hydrogen) atoms. The van der Waals surface area contributed by atoms with Crippen LogP contribution in [0.25, 0.3) is 0 Å². The lowest BCUT2D eigenvalue weighted by molar-refractivity contribution is 0.0762. The lowest BCUT2D eigenvalue weighted by Gasteiger charge is -2.04. The summed E-state index contributed by atoms with van der Waals surface area (Å²) in [6, 6.07) is 1.50. The molecule has 0 aliphatic carbocycles. The van der Waals surface area contributed by atoms with Gasteiger partial charge in [-0.2, -0.15) is 0 Å². The Labute approximate surface area is 93.4 Å². The molecule has 0 amide bonds. The fourth-order valence-electron chi connectivity index (χ4n) is 1.06. The predicted octanol–water partition coefficient (Wildman–Crippen LogP) is 1.93. The van der Waals surface area contributed by atoms with Crippen LogP contribution in [0, 0.1) is 0 Å². The first-order chi connectivity index (χ1) is 7.15. The standard InChI is InChI=1S/C10H13ClN2O2/c1-2-3-15-6-9(14)8-4-7(11)5-13-10(8)12/h4-5H,2-3,6H2,1H3,(H2,12,13). The van der Waals surface area contributed by atoms with Gasteiger partial charge >= 0.3 is 0 Å². The Hall–Kier alpha value is -1.13. The van der Waals surface area contributed by atoms with Gasteiger partial charge < -0.3 is 10.5 Å². The van der Waals surface area contributed by atoms with Crippen molar-refractivity contribution in [2.75, 3.05) is 18.9 Å². The molecule has 82 valence electrons. The van der Waals surface area contributed by atoms with Crippen molar-refractivity contribution in [1.29, 1.82) is 0 Å². The Bertz CT molecular complexity index is 355. The van der Waals surface area contributed by atoms with Crippen molar-refractivity contribution in [3.8, 4) is 0 Å². The van der Waals surface area contributed by atoms with E-state index in [1.807, 2.05) is 6.92 Å². The number of ether oxygens (including phenoxy) is 1. The van der Waals surface area contributed by atoms with E-state index in [9.17, 15) is 4.79 Å². The van der Waals surface area contributed by atoms with Gasteiger partial charge in [-0.25, -0.2) is 4.98 Å². The molecule has 0 aromatic carbocycles. The van der Waals surface area contributed by atoms with E-state index in [-0.39, 0.29) is 18.2 Å². The highest BCUT2D eigenvalue weighted by molar-refractivity contribution is 6.31. The summed E-state index contributed by atoms with van der Waals surface area (Å²) in [4.78, 5) is 15.4. The van der Waals surface area contributed by atoms with Crippen LogP contribution in [0.5, 0.6) is 0 Å². The normalized spacial score (nSPS) is 10.3. The zero-order valence-corrected chi connectivity index (χ0v) is 9.25. The first-order valence-electron chi connectivity index (χ1n) is 4.67. The molecular weight excluding hydrogens is 216 g/mol. The summed E-state index contributed by atoms with van der Waals surface area (Å²) in [6.07, 6.45) is 2.27. The lowest BCUT2D eigenvalue weighted by atomic mass is 10.2. The third kappa shape index (κ3) is 3.49. The topological polar surface area (TPSA) is 65.2 Å². The third-order valence-electron chi connectivity index (χ3n) is 1.77. The minimum atomic E-state index is -0.198. The molecule has 2 N–H and O–H groups in total.